The van der Waals surface area contributed by atoms with E-state index in [1.807, 2.05) is 32.0 Å². The van der Waals surface area contributed by atoms with Gasteiger partial charge < -0.3 is 14.6 Å². The summed E-state index contributed by atoms with van der Waals surface area (Å²) in [6.45, 7) is 3.06. The zero-order valence-corrected chi connectivity index (χ0v) is 21.9. The van der Waals surface area contributed by atoms with Crippen LogP contribution in [0.15, 0.2) is 88.7 Å². The number of hydrogen-bond donors (Lipinski definition) is 1. The van der Waals surface area contributed by atoms with Crippen molar-refractivity contribution in [2.24, 2.45) is 0 Å². The summed E-state index contributed by atoms with van der Waals surface area (Å²) in [7, 11) is -8.51. The van der Waals surface area contributed by atoms with Gasteiger partial charge in [0.2, 0.25) is 0 Å². The Hall–Kier alpha value is -2.64. The molecule has 1 heterocycles. The second-order valence-corrected chi connectivity index (χ2v) is 11.9. The lowest BCUT2D eigenvalue weighted by Crippen LogP contribution is -2.40. The van der Waals surface area contributed by atoms with Crippen LogP contribution in [0.3, 0.4) is 0 Å². The SMILES string of the molecule is Cc1ccc(S(=O)(=O)OC[C@H]2O[C@@H](O)[C@@H](OCc3ccccc3)[C@@H]2OS(=O)(=O)c2ccc(C)cc2)cc1. The van der Waals surface area contributed by atoms with E-state index in [-0.39, 0.29) is 16.4 Å². The Morgan fingerprint density at radius 2 is 1.30 bits per heavy atom. The highest BCUT2D eigenvalue weighted by atomic mass is 32.2. The summed E-state index contributed by atoms with van der Waals surface area (Å²) in [5.74, 6) is 0. The van der Waals surface area contributed by atoms with Gasteiger partial charge in [-0.3, -0.25) is 8.37 Å². The number of ether oxygens (including phenoxy) is 2. The van der Waals surface area contributed by atoms with Gasteiger partial charge in [-0.1, -0.05) is 65.7 Å². The van der Waals surface area contributed by atoms with Crippen LogP contribution in [0.5, 0.6) is 0 Å². The van der Waals surface area contributed by atoms with Crippen LogP contribution in [-0.2, 0) is 44.7 Å². The van der Waals surface area contributed by atoms with Crippen molar-refractivity contribution in [3.05, 3.63) is 95.6 Å². The van der Waals surface area contributed by atoms with Crippen molar-refractivity contribution in [3.63, 3.8) is 0 Å². The molecule has 37 heavy (non-hydrogen) atoms. The number of benzene rings is 3. The van der Waals surface area contributed by atoms with Crippen molar-refractivity contribution in [1.29, 1.82) is 0 Å². The quantitative estimate of drug-likeness (QED) is 0.381. The molecule has 0 amide bonds. The van der Waals surface area contributed by atoms with Gasteiger partial charge in [-0.2, -0.15) is 16.8 Å². The van der Waals surface area contributed by atoms with Crippen LogP contribution in [0.25, 0.3) is 0 Å². The molecule has 0 unspecified atom stereocenters. The summed E-state index contributed by atoms with van der Waals surface area (Å²) in [5.41, 5.74) is 2.50. The minimum Gasteiger partial charge on any atom is -0.366 e. The first-order valence-electron chi connectivity index (χ1n) is 11.5. The highest BCUT2D eigenvalue weighted by Crippen LogP contribution is 2.30. The lowest BCUT2D eigenvalue weighted by atomic mass is 10.1. The Morgan fingerprint density at radius 3 is 1.86 bits per heavy atom. The molecule has 0 radical (unpaired) electrons. The van der Waals surface area contributed by atoms with Crippen molar-refractivity contribution >= 4 is 20.2 Å². The third kappa shape index (κ3) is 6.82. The van der Waals surface area contributed by atoms with E-state index in [0.717, 1.165) is 16.7 Å². The highest BCUT2D eigenvalue weighted by Gasteiger charge is 2.49. The summed E-state index contributed by atoms with van der Waals surface area (Å²) < 4.78 is 73.4. The molecule has 0 saturated carbocycles. The monoisotopic (exact) mass is 548 g/mol. The number of rotatable bonds is 10. The van der Waals surface area contributed by atoms with Crippen LogP contribution < -0.4 is 0 Å². The van der Waals surface area contributed by atoms with Crippen LogP contribution in [-0.4, -0.2) is 53.2 Å². The van der Waals surface area contributed by atoms with Gasteiger partial charge in [0.1, 0.15) is 18.3 Å². The van der Waals surface area contributed by atoms with E-state index in [0.29, 0.717) is 0 Å². The first-order valence-corrected chi connectivity index (χ1v) is 14.3. The third-order valence-electron chi connectivity index (χ3n) is 5.82. The molecule has 4 rings (SSSR count). The van der Waals surface area contributed by atoms with E-state index in [1.54, 1.807) is 36.4 Å². The minimum atomic E-state index is -4.32. The van der Waals surface area contributed by atoms with E-state index in [1.165, 1.54) is 24.3 Å². The summed E-state index contributed by atoms with van der Waals surface area (Å²) in [6.07, 6.45) is -5.48. The fourth-order valence-corrected chi connectivity index (χ4v) is 5.76. The first kappa shape index (κ1) is 27.4. The molecule has 198 valence electrons. The van der Waals surface area contributed by atoms with Crippen LogP contribution in [0.1, 0.15) is 16.7 Å². The maximum Gasteiger partial charge on any atom is 0.297 e. The largest absolute Gasteiger partial charge is 0.366 e. The van der Waals surface area contributed by atoms with Gasteiger partial charge in [0.15, 0.2) is 6.29 Å². The molecule has 1 N–H and O–H groups in total. The third-order valence-corrected chi connectivity index (χ3v) is 8.44. The maximum atomic E-state index is 13.1. The normalized spacial score (nSPS) is 22.2. The van der Waals surface area contributed by atoms with Crippen molar-refractivity contribution in [1.82, 2.24) is 0 Å². The molecule has 0 bridgehead atoms. The fraction of sp³-hybridized carbons (Fsp3) is 0.308. The maximum absolute atomic E-state index is 13.1. The van der Waals surface area contributed by atoms with Gasteiger partial charge in [0, 0.05) is 0 Å². The predicted octanol–water partition coefficient (Wildman–Crippen LogP) is 3.09. The van der Waals surface area contributed by atoms with Gasteiger partial charge in [-0.25, -0.2) is 0 Å². The van der Waals surface area contributed by atoms with Gasteiger partial charge >= 0.3 is 0 Å². The number of aryl methyl sites for hydroxylation is 2. The molecule has 0 spiro atoms. The molecule has 9 nitrogen and oxygen atoms in total. The summed E-state index contributed by atoms with van der Waals surface area (Å²) in [4.78, 5) is -0.175. The second-order valence-electron chi connectivity index (χ2n) is 8.71. The van der Waals surface area contributed by atoms with Gasteiger partial charge in [0.25, 0.3) is 20.2 Å². The molecular weight excluding hydrogens is 520 g/mol. The van der Waals surface area contributed by atoms with Crippen molar-refractivity contribution in [2.45, 2.75) is 54.8 Å². The average molecular weight is 549 g/mol. The molecule has 4 atom stereocenters. The first-order chi connectivity index (χ1) is 17.5. The van der Waals surface area contributed by atoms with Crippen LogP contribution in [0, 0.1) is 13.8 Å². The minimum absolute atomic E-state index is 0.0333. The van der Waals surface area contributed by atoms with E-state index in [4.69, 9.17) is 17.8 Å². The van der Waals surface area contributed by atoms with Gasteiger partial charge in [0.05, 0.1) is 23.0 Å². The second kappa shape index (κ2) is 11.4. The van der Waals surface area contributed by atoms with Crippen molar-refractivity contribution in [2.75, 3.05) is 6.61 Å². The molecular formula is C26H28O9S2. The fourth-order valence-electron chi connectivity index (χ4n) is 3.74. The zero-order valence-electron chi connectivity index (χ0n) is 20.3. The molecule has 1 fully saturated rings. The predicted molar refractivity (Wildman–Crippen MR) is 133 cm³/mol. The van der Waals surface area contributed by atoms with E-state index in [2.05, 4.69) is 0 Å². The van der Waals surface area contributed by atoms with E-state index in [9.17, 15) is 21.9 Å². The summed E-state index contributed by atoms with van der Waals surface area (Å²) in [5, 5.41) is 10.6. The molecule has 3 aromatic carbocycles. The Labute approximate surface area is 216 Å². The lowest BCUT2D eigenvalue weighted by molar-refractivity contribution is -0.148. The molecule has 0 aliphatic carbocycles. The molecule has 1 aliphatic rings. The van der Waals surface area contributed by atoms with E-state index >= 15 is 0 Å². The Balaban J connectivity index is 1.56. The molecule has 3 aromatic rings. The average Bonchev–Trinajstić information content (AvgIpc) is 3.16. The van der Waals surface area contributed by atoms with E-state index < -0.39 is 51.4 Å². The zero-order chi connectivity index (χ0) is 26.6. The smallest absolute Gasteiger partial charge is 0.297 e. The summed E-state index contributed by atoms with van der Waals surface area (Å²) in [6, 6.07) is 21.1. The summed E-state index contributed by atoms with van der Waals surface area (Å²) >= 11 is 0. The molecule has 1 saturated heterocycles. The van der Waals surface area contributed by atoms with Crippen molar-refractivity contribution in [3.8, 4) is 0 Å². The molecule has 11 heteroatoms. The number of aliphatic hydroxyl groups excluding tert-OH is 1. The molecule has 0 aromatic heterocycles. The topological polar surface area (TPSA) is 125 Å². The Morgan fingerprint density at radius 1 is 0.757 bits per heavy atom. The van der Waals surface area contributed by atoms with Crippen LogP contribution in [0.2, 0.25) is 0 Å². The highest BCUT2D eigenvalue weighted by molar-refractivity contribution is 7.87. The van der Waals surface area contributed by atoms with Crippen LogP contribution in [0.4, 0.5) is 0 Å². The number of hydrogen-bond acceptors (Lipinski definition) is 9. The van der Waals surface area contributed by atoms with Crippen molar-refractivity contribution < 1.29 is 39.8 Å². The van der Waals surface area contributed by atoms with Crippen LogP contribution >= 0.6 is 0 Å². The number of aliphatic hydroxyl groups is 1. The van der Waals surface area contributed by atoms with Gasteiger partial charge in [-0.05, 0) is 43.7 Å². The Bertz CT molecular complexity index is 1390. The van der Waals surface area contributed by atoms with Gasteiger partial charge in [-0.15, -0.1) is 0 Å². The standard InChI is InChI=1S/C26H28O9S2/c1-18-8-12-21(13-9-18)36(28,29)33-17-23-24(35-37(30,31)22-14-10-19(2)11-15-22)25(26(27)34-23)32-16-20-6-4-3-5-7-20/h3-15,23-27H,16-17H2,1-2H3/t23-,24-,25+,26-/m1/s1. The lowest BCUT2D eigenvalue weighted by Gasteiger charge is -2.23. The molecule has 1 aliphatic heterocycles. The Kier molecular flexibility index (Phi) is 8.44.